The second-order valence-electron chi connectivity index (χ2n) is 7.14. The van der Waals surface area contributed by atoms with E-state index in [4.69, 9.17) is 0 Å². The number of likely N-dealkylation sites (tertiary alicyclic amines) is 2. The van der Waals surface area contributed by atoms with Crippen LogP contribution in [0.4, 0.5) is 5.69 Å². The van der Waals surface area contributed by atoms with Crippen molar-refractivity contribution in [1.29, 1.82) is 0 Å². The molecule has 0 aromatic heterocycles. The molecule has 0 amide bonds. The maximum Gasteiger partial charge on any atom is 0.0373 e. The first-order valence-electron chi connectivity index (χ1n) is 8.58. The summed E-state index contributed by atoms with van der Waals surface area (Å²) in [6.07, 6.45) is 5.36. The Morgan fingerprint density at radius 2 is 2.19 bits per heavy atom. The fourth-order valence-corrected chi connectivity index (χ4v) is 4.59. The summed E-state index contributed by atoms with van der Waals surface area (Å²) in [7, 11) is 2.32. The van der Waals surface area contributed by atoms with Crippen molar-refractivity contribution in [1.82, 2.24) is 9.80 Å². The number of benzene rings is 1. The fourth-order valence-electron chi connectivity index (χ4n) is 4.59. The molecule has 21 heavy (non-hydrogen) atoms. The van der Waals surface area contributed by atoms with E-state index in [9.17, 15) is 0 Å². The van der Waals surface area contributed by atoms with Gasteiger partial charge in [0.25, 0.3) is 0 Å². The predicted molar refractivity (Wildman–Crippen MR) is 87.7 cm³/mol. The molecule has 0 saturated carbocycles. The fraction of sp³-hybridized carbons (Fsp3) is 0.667. The smallest absolute Gasteiger partial charge is 0.0373 e. The first-order valence-corrected chi connectivity index (χ1v) is 8.58. The van der Waals surface area contributed by atoms with Gasteiger partial charge in [-0.3, -0.25) is 4.90 Å². The lowest BCUT2D eigenvalue weighted by atomic mass is 9.84. The van der Waals surface area contributed by atoms with Gasteiger partial charge in [-0.2, -0.15) is 0 Å². The van der Waals surface area contributed by atoms with Crippen molar-refractivity contribution in [2.45, 2.75) is 38.3 Å². The standard InChI is InChI=1S/C18H27N3/c1-20-9-2-3-16-13-21(10-7-18(16)20)12-14-4-5-17-15(11-14)6-8-19-17/h4-5,11,16,18-19H,2-3,6-10,12-13H2,1H3. The molecule has 4 rings (SSSR count). The van der Waals surface area contributed by atoms with Crippen LogP contribution in [0.25, 0.3) is 0 Å². The molecule has 2 fully saturated rings. The minimum atomic E-state index is 0.847. The van der Waals surface area contributed by atoms with Crippen LogP contribution in [-0.2, 0) is 13.0 Å². The molecule has 0 bridgehead atoms. The van der Waals surface area contributed by atoms with E-state index in [1.807, 2.05) is 0 Å². The molecule has 2 unspecified atom stereocenters. The topological polar surface area (TPSA) is 18.5 Å². The molecule has 0 aliphatic carbocycles. The summed E-state index contributed by atoms with van der Waals surface area (Å²) in [5, 5.41) is 3.45. The summed E-state index contributed by atoms with van der Waals surface area (Å²) in [4.78, 5) is 5.29. The Morgan fingerprint density at radius 3 is 3.14 bits per heavy atom. The van der Waals surface area contributed by atoms with Crippen LogP contribution in [-0.4, -0.2) is 49.1 Å². The van der Waals surface area contributed by atoms with Crippen LogP contribution >= 0.6 is 0 Å². The number of piperidine rings is 2. The van der Waals surface area contributed by atoms with Gasteiger partial charge in [0.2, 0.25) is 0 Å². The minimum Gasteiger partial charge on any atom is -0.384 e. The number of rotatable bonds is 2. The molecule has 114 valence electrons. The minimum absolute atomic E-state index is 0.847. The van der Waals surface area contributed by atoms with Crippen LogP contribution in [0, 0.1) is 5.92 Å². The van der Waals surface area contributed by atoms with Crippen LogP contribution in [0.1, 0.15) is 30.4 Å². The molecule has 1 aromatic rings. The zero-order chi connectivity index (χ0) is 14.2. The van der Waals surface area contributed by atoms with Crippen LogP contribution in [0.5, 0.6) is 0 Å². The van der Waals surface area contributed by atoms with E-state index in [0.717, 1.165) is 25.0 Å². The van der Waals surface area contributed by atoms with Crippen molar-refractivity contribution in [2.24, 2.45) is 5.92 Å². The normalized spacial score (nSPS) is 29.8. The third kappa shape index (κ3) is 2.69. The molecular weight excluding hydrogens is 258 g/mol. The molecule has 2 atom stereocenters. The summed E-state index contributed by atoms with van der Waals surface area (Å²) >= 11 is 0. The lowest BCUT2D eigenvalue weighted by Gasteiger charge is -2.46. The van der Waals surface area contributed by atoms with Gasteiger partial charge >= 0.3 is 0 Å². The van der Waals surface area contributed by atoms with E-state index in [-0.39, 0.29) is 0 Å². The van der Waals surface area contributed by atoms with Crippen molar-refractivity contribution >= 4 is 5.69 Å². The van der Waals surface area contributed by atoms with Crippen molar-refractivity contribution < 1.29 is 0 Å². The Balaban J connectivity index is 1.41. The van der Waals surface area contributed by atoms with Gasteiger partial charge in [0.1, 0.15) is 0 Å². The highest BCUT2D eigenvalue weighted by molar-refractivity contribution is 5.56. The second kappa shape index (κ2) is 5.62. The second-order valence-corrected chi connectivity index (χ2v) is 7.14. The molecule has 1 N–H and O–H groups in total. The number of anilines is 1. The Bertz CT molecular complexity index is 513. The Labute approximate surface area is 128 Å². The molecule has 3 nitrogen and oxygen atoms in total. The number of hydrogen-bond acceptors (Lipinski definition) is 3. The van der Waals surface area contributed by atoms with Gasteiger partial charge in [-0.25, -0.2) is 0 Å². The quantitative estimate of drug-likeness (QED) is 0.901. The highest BCUT2D eigenvalue weighted by atomic mass is 15.2. The summed E-state index contributed by atoms with van der Waals surface area (Å²) in [5.41, 5.74) is 4.37. The summed E-state index contributed by atoms with van der Waals surface area (Å²) in [6.45, 7) is 6.11. The SMILES string of the molecule is CN1CCCC2CN(Cc3ccc4c(c3)CCN4)CCC21. The highest BCUT2D eigenvalue weighted by Gasteiger charge is 2.34. The zero-order valence-corrected chi connectivity index (χ0v) is 13.1. The van der Waals surface area contributed by atoms with Crippen LogP contribution < -0.4 is 5.32 Å². The number of nitrogens with zero attached hydrogens (tertiary/aromatic N) is 2. The van der Waals surface area contributed by atoms with Gasteiger partial charge in [0, 0.05) is 31.4 Å². The van der Waals surface area contributed by atoms with E-state index >= 15 is 0 Å². The molecule has 2 saturated heterocycles. The van der Waals surface area contributed by atoms with Crippen molar-refractivity contribution in [3.05, 3.63) is 29.3 Å². The molecule has 0 radical (unpaired) electrons. The van der Waals surface area contributed by atoms with E-state index in [1.165, 1.54) is 62.1 Å². The Morgan fingerprint density at radius 1 is 1.24 bits per heavy atom. The first kappa shape index (κ1) is 13.6. The van der Waals surface area contributed by atoms with E-state index in [1.54, 1.807) is 0 Å². The lowest BCUT2D eigenvalue weighted by Crippen LogP contribution is -2.52. The van der Waals surface area contributed by atoms with Gasteiger partial charge in [0.05, 0.1) is 0 Å². The van der Waals surface area contributed by atoms with Gasteiger partial charge in [-0.05, 0) is 68.9 Å². The lowest BCUT2D eigenvalue weighted by molar-refractivity contribution is 0.0355. The van der Waals surface area contributed by atoms with Gasteiger partial charge < -0.3 is 10.2 Å². The van der Waals surface area contributed by atoms with Crippen LogP contribution in [0.2, 0.25) is 0 Å². The highest BCUT2D eigenvalue weighted by Crippen LogP contribution is 2.31. The van der Waals surface area contributed by atoms with E-state index in [2.05, 4.69) is 40.4 Å². The summed E-state index contributed by atoms with van der Waals surface area (Å²) in [6, 6.07) is 7.86. The largest absolute Gasteiger partial charge is 0.384 e. The molecule has 3 aliphatic rings. The maximum atomic E-state index is 3.45. The average Bonchev–Trinajstić information content (AvgIpc) is 2.95. The third-order valence-corrected chi connectivity index (χ3v) is 5.72. The number of fused-ring (bicyclic) bond motifs is 2. The van der Waals surface area contributed by atoms with Crippen molar-refractivity contribution in [2.75, 3.05) is 38.5 Å². The van der Waals surface area contributed by atoms with Crippen LogP contribution in [0.15, 0.2) is 18.2 Å². The van der Waals surface area contributed by atoms with Crippen molar-refractivity contribution in [3.8, 4) is 0 Å². The zero-order valence-electron chi connectivity index (χ0n) is 13.1. The predicted octanol–water partition coefficient (Wildman–Crippen LogP) is 2.57. The number of hydrogen-bond donors (Lipinski definition) is 1. The number of nitrogens with one attached hydrogen (secondary N) is 1. The monoisotopic (exact) mass is 285 g/mol. The van der Waals surface area contributed by atoms with E-state index in [0.29, 0.717) is 0 Å². The third-order valence-electron chi connectivity index (χ3n) is 5.72. The van der Waals surface area contributed by atoms with Crippen molar-refractivity contribution in [3.63, 3.8) is 0 Å². The molecule has 3 aliphatic heterocycles. The molecule has 1 aromatic carbocycles. The van der Waals surface area contributed by atoms with Gasteiger partial charge in [0.15, 0.2) is 0 Å². The molecule has 3 heteroatoms. The molecule has 3 heterocycles. The molecular formula is C18H27N3. The Kier molecular flexibility index (Phi) is 3.64. The van der Waals surface area contributed by atoms with Gasteiger partial charge in [-0.1, -0.05) is 12.1 Å². The van der Waals surface area contributed by atoms with Crippen LogP contribution in [0.3, 0.4) is 0 Å². The summed E-state index contributed by atoms with van der Waals surface area (Å²) in [5.74, 6) is 0.897. The van der Waals surface area contributed by atoms with E-state index < -0.39 is 0 Å². The average molecular weight is 285 g/mol. The Hall–Kier alpha value is -1.06. The summed E-state index contributed by atoms with van der Waals surface area (Å²) < 4.78 is 0. The maximum absolute atomic E-state index is 3.45. The van der Waals surface area contributed by atoms with Gasteiger partial charge in [-0.15, -0.1) is 0 Å². The molecule has 0 spiro atoms. The first-order chi connectivity index (χ1) is 10.3.